The van der Waals surface area contributed by atoms with Crippen LogP contribution in [0.25, 0.3) is 10.9 Å². The lowest BCUT2D eigenvalue weighted by Gasteiger charge is -1.99. The molecule has 0 aliphatic carbocycles. The van der Waals surface area contributed by atoms with E-state index in [2.05, 4.69) is 20.9 Å². The van der Waals surface area contributed by atoms with Crippen LogP contribution < -0.4 is 11.2 Å². The molecule has 66 valence electrons. The maximum atomic E-state index is 11.6. The molecule has 0 aliphatic heterocycles. The van der Waals surface area contributed by atoms with E-state index >= 15 is 0 Å². The van der Waals surface area contributed by atoms with Gasteiger partial charge in [-0.15, -0.1) is 0 Å². The van der Waals surface area contributed by atoms with Crippen LogP contribution in [0.1, 0.15) is 0 Å². The van der Waals surface area contributed by atoms with E-state index in [1.807, 2.05) is 0 Å². The minimum atomic E-state index is -0.0407. The SMILES string of the molecule is Nc1ccc2[nH]cc(Br)c(=O)c2c1. The third-order valence-corrected chi connectivity index (χ3v) is 2.45. The fraction of sp³-hybridized carbons (Fsp3) is 0. The van der Waals surface area contributed by atoms with Crippen LogP contribution >= 0.6 is 15.9 Å². The molecule has 0 radical (unpaired) electrons. The van der Waals surface area contributed by atoms with Gasteiger partial charge in [0.25, 0.3) is 0 Å². The minimum Gasteiger partial charge on any atom is -0.399 e. The van der Waals surface area contributed by atoms with E-state index in [1.54, 1.807) is 24.4 Å². The monoisotopic (exact) mass is 238 g/mol. The van der Waals surface area contributed by atoms with Crippen LogP contribution in [0.15, 0.2) is 33.7 Å². The summed E-state index contributed by atoms with van der Waals surface area (Å²) < 4.78 is 0.519. The summed E-state index contributed by atoms with van der Waals surface area (Å²) in [6.45, 7) is 0. The predicted molar refractivity (Wildman–Crippen MR) is 56.7 cm³/mol. The number of nitrogens with two attached hydrogens (primary N) is 1. The number of H-pyrrole nitrogens is 1. The zero-order valence-electron chi connectivity index (χ0n) is 6.67. The standard InChI is InChI=1S/C9H7BrN2O/c10-7-4-12-8-2-1-5(11)3-6(8)9(7)13/h1-4H,11H2,(H,12,13). The van der Waals surface area contributed by atoms with E-state index < -0.39 is 0 Å². The fourth-order valence-electron chi connectivity index (χ4n) is 1.21. The molecular weight excluding hydrogens is 232 g/mol. The second-order valence-corrected chi connectivity index (χ2v) is 3.63. The van der Waals surface area contributed by atoms with E-state index in [9.17, 15) is 4.79 Å². The van der Waals surface area contributed by atoms with Crippen LogP contribution in [0.5, 0.6) is 0 Å². The maximum absolute atomic E-state index is 11.6. The van der Waals surface area contributed by atoms with Gasteiger partial charge in [-0.25, -0.2) is 0 Å². The highest BCUT2D eigenvalue weighted by molar-refractivity contribution is 9.10. The van der Waals surface area contributed by atoms with Crippen LogP contribution in [0.4, 0.5) is 5.69 Å². The molecule has 0 fully saturated rings. The average molecular weight is 239 g/mol. The van der Waals surface area contributed by atoms with E-state index in [0.29, 0.717) is 15.5 Å². The van der Waals surface area contributed by atoms with Gasteiger partial charge in [0.2, 0.25) is 5.43 Å². The first-order chi connectivity index (χ1) is 6.18. The van der Waals surface area contributed by atoms with E-state index in [0.717, 1.165) is 5.52 Å². The molecule has 0 bridgehead atoms. The number of anilines is 1. The molecule has 2 rings (SSSR count). The van der Waals surface area contributed by atoms with Crippen molar-refractivity contribution in [2.75, 3.05) is 5.73 Å². The summed E-state index contributed by atoms with van der Waals surface area (Å²) in [6, 6.07) is 5.21. The van der Waals surface area contributed by atoms with Gasteiger partial charge in [0.05, 0.1) is 4.47 Å². The molecule has 13 heavy (non-hydrogen) atoms. The van der Waals surface area contributed by atoms with Crippen molar-refractivity contribution in [2.45, 2.75) is 0 Å². The summed E-state index contributed by atoms with van der Waals surface area (Å²) in [6.07, 6.45) is 1.63. The van der Waals surface area contributed by atoms with Gasteiger partial charge in [0.15, 0.2) is 0 Å². The normalized spacial score (nSPS) is 10.5. The highest BCUT2D eigenvalue weighted by Gasteiger charge is 2.01. The number of hydrogen-bond donors (Lipinski definition) is 2. The third-order valence-electron chi connectivity index (χ3n) is 1.86. The first-order valence-corrected chi connectivity index (χ1v) is 4.54. The second kappa shape index (κ2) is 2.88. The molecule has 0 amide bonds. The molecule has 0 spiro atoms. The molecule has 0 atom stereocenters. The van der Waals surface area contributed by atoms with Crippen LogP contribution in [0.3, 0.4) is 0 Å². The zero-order chi connectivity index (χ0) is 9.42. The maximum Gasteiger partial charge on any atom is 0.203 e. The summed E-state index contributed by atoms with van der Waals surface area (Å²) in [7, 11) is 0. The van der Waals surface area contributed by atoms with Crippen LogP contribution in [0.2, 0.25) is 0 Å². The average Bonchev–Trinajstić information content (AvgIpc) is 2.12. The Morgan fingerprint density at radius 2 is 2.15 bits per heavy atom. The first-order valence-electron chi connectivity index (χ1n) is 3.75. The van der Waals surface area contributed by atoms with Crippen molar-refractivity contribution >= 4 is 32.5 Å². The number of pyridine rings is 1. The zero-order valence-corrected chi connectivity index (χ0v) is 8.26. The van der Waals surface area contributed by atoms with Gasteiger partial charge >= 0.3 is 0 Å². The Bertz CT molecular complexity index is 513. The van der Waals surface area contributed by atoms with E-state index in [1.165, 1.54) is 0 Å². The van der Waals surface area contributed by atoms with E-state index in [-0.39, 0.29) is 5.43 Å². The summed E-state index contributed by atoms with van der Waals surface area (Å²) in [5.74, 6) is 0. The number of aromatic nitrogens is 1. The van der Waals surface area contributed by atoms with E-state index in [4.69, 9.17) is 5.73 Å². The van der Waals surface area contributed by atoms with Gasteiger partial charge in [0, 0.05) is 22.8 Å². The number of fused-ring (bicyclic) bond motifs is 1. The van der Waals surface area contributed by atoms with Crippen molar-refractivity contribution in [1.82, 2.24) is 4.98 Å². The Morgan fingerprint density at radius 1 is 1.38 bits per heavy atom. The first kappa shape index (κ1) is 8.31. The molecule has 0 unspecified atom stereocenters. The van der Waals surface area contributed by atoms with Gasteiger partial charge in [-0.05, 0) is 34.1 Å². The molecule has 0 saturated heterocycles. The molecule has 3 N–H and O–H groups in total. The van der Waals surface area contributed by atoms with Gasteiger partial charge in [-0.1, -0.05) is 0 Å². The second-order valence-electron chi connectivity index (χ2n) is 2.77. The van der Waals surface area contributed by atoms with Crippen molar-refractivity contribution in [3.63, 3.8) is 0 Å². The number of hydrogen-bond acceptors (Lipinski definition) is 2. The molecule has 0 saturated carbocycles. The number of aromatic amines is 1. The molecule has 2 aromatic rings. The lowest BCUT2D eigenvalue weighted by Crippen LogP contribution is -2.03. The Hall–Kier alpha value is -1.29. The number of nitrogens with one attached hydrogen (secondary N) is 1. The van der Waals surface area contributed by atoms with Gasteiger partial charge in [0.1, 0.15) is 0 Å². The van der Waals surface area contributed by atoms with Crippen LogP contribution in [-0.2, 0) is 0 Å². The molecule has 4 heteroatoms. The Balaban J connectivity index is 2.97. The van der Waals surface area contributed by atoms with Gasteiger partial charge in [-0.2, -0.15) is 0 Å². The third kappa shape index (κ3) is 1.33. The molecule has 0 aliphatic rings. The summed E-state index contributed by atoms with van der Waals surface area (Å²) >= 11 is 3.16. The minimum absolute atomic E-state index is 0.0407. The predicted octanol–water partition coefficient (Wildman–Crippen LogP) is 1.87. The van der Waals surface area contributed by atoms with Crippen LogP contribution in [-0.4, -0.2) is 4.98 Å². The lowest BCUT2D eigenvalue weighted by molar-refractivity contribution is 1.36. The molecule has 1 aromatic heterocycles. The lowest BCUT2D eigenvalue weighted by atomic mass is 10.2. The van der Waals surface area contributed by atoms with Crippen molar-refractivity contribution in [3.8, 4) is 0 Å². The Labute approximate surface area is 82.7 Å². The quantitative estimate of drug-likeness (QED) is 0.689. The van der Waals surface area contributed by atoms with Gasteiger partial charge < -0.3 is 10.7 Å². The topological polar surface area (TPSA) is 58.9 Å². The largest absolute Gasteiger partial charge is 0.399 e. The summed E-state index contributed by atoms with van der Waals surface area (Å²) in [5.41, 5.74) is 6.92. The number of nitrogen functional groups attached to an aromatic ring is 1. The van der Waals surface area contributed by atoms with Gasteiger partial charge in [-0.3, -0.25) is 4.79 Å². The smallest absolute Gasteiger partial charge is 0.203 e. The molecular formula is C9H7BrN2O. The number of halogens is 1. The van der Waals surface area contributed by atoms with Crippen molar-refractivity contribution in [1.29, 1.82) is 0 Å². The van der Waals surface area contributed by atoms with Crippen molar-refractivity contribution < 1.29 is 0 Å². The van der Waals surface area contributed by atoms with Crippen molar-refractivity contribution in [2.24, 2.45) is 0 Å². The highest BCUT2D eigenvalue weighted by atomic mass is 79.9. The molecule has 1 heterocycles. The summed E-state index contributed by atoms with van der Waals surface area (Å²) in [4.78, 5) is 14.5. The number of benzene rings is 1. The number of rotatable bonds is 0. The van der Waals surface area contributed by atoms with Crippen molar-refractivity contribution in [3.05, 3.63) is 39.1 Å². The highest BCUT2D eigenvalue weighted by Crippen LogP contribution is 2.13. The summed E-state index contributed by atoms with van der Waals surface area (Å²) in [5, 5.41) is 0.606. The molecule has 3 nitrogen and oxygen atoms in total. The molecule has 1 aromatic carbocycles. The Kier molecular flexibility index (Phi) is 1.84. The Morgan fingerprint density at radius 3 is 2.92 bits per heavy atom. The van der Waals surface area contributed by atoms with Crippen LogP contribution in [0, 0.1) is 0 Å². The fourth-order valence-corrected chi connectivity index (χ4v) is 1.54.